The van der Waals surface area contributed by atoms with Crippen LogP contribution in [-0.2, 0) is 17.9 Å². The van der Waals surface area contributed by atoms with E-state index in [4.69, 9.17) is 29.8 Å². The summed E-state index contributed by atoms with van der Waals surface area (Å²) in [6, 6.07) is 10.4. The molecule has 0 aliphatic heterocycles. The number of aromatic amines is 1. The number of carboxylic acid groups (broad SMARTS) is 1. The molecule has 0 radical (unpaired) electrons. The van der Waals surface area contributed by atoms with Crippen LogP contribution in [0.2, 0.25) is 0 Å². The molecule has 3 rings (SSSR count). The van der Waals surface area contributed by atoms with Gasteiger partial charge in [0.2, 0.25) is 0 Å². The Balaban J connectivity index is 0.000000890. The number of carbonyl (C=O) groups is 2. The van der Waals surface area contributed by atoms with Crippen LogP contribution < -0.4 is 25.3 Å². The summed E-state index contributed by atoms with van der Waals surface area (Å²) in [6.07, 6.45) is 0. The normalized spacial score (nSPS) is 9.97. The summed E-state index contributed by atoms with van der Waals surface area (Å²) in [5, 5.41) is 16.9. The van der Waals surface area contributed by atoms with E-state index in [0.717, 1.165) is 12.5 Å². The first-order chi connectivity index (χ1) is 15.8. The molecule has 5 N–H and O–H groups in total. The van der Waals surface area contributed by atoms with Gasteiger partial charge in [-0.1, -0.05) is 6.07 Å². The number of rotatable bonds is 8. The van der Waals surface area contributed by atoms with Crippen LogP contribution in [0.1, 0.15) is 34.5 Å². The number of carboxylic acids is 1. The molecule has 1 amide bonds. The number of hydrogen-bond donors (Lipinski definition) is 4. The van der Waals surface area contributed by atoms with Crippen molar-refractivity contribution in [3.63, 3.8) is 0 Å². The first kappa shape index (κ1) is 25.1. The van der Waals surface area contributed by atoms with E-state index in [1.807, 2.05) is 12.1 Å². The number of aliphatic carboxylic acids is 1. The highest BCUT2D eigenvalue weighted by Gasteiger charge is 2.14. The largest absolute Gasteiger partial charge is 0.493 e. The highest BCUT2D eigenvalue weighted by molar-refractivity contribution is 5.94. The Morgan fingerprint density at radius 2 is 1.67 bits per heavy atom. The van der Waals surface area contributed by atoms with Crippen LogP contribution in [0.4, 0.5) is 0 Å². The first-order valence-electron chi connectivity index (χ1n) is 9.85. The zero-order valence-electron chi connectivity index (χ0n) is 18.8. The maximum Gasteiger partial charge on any atom is 0.300 e. The van der Waals surface area contributed by atoms with Gasteiger partial charge in [0.05, 0.1) is 20.8 Å². The molecule has 33 heavy (non-hydrogen) atoms. The van der Waals surface area contributed by atoms with Crippen LogP contribution in [0.25, 0.3) is 0 Å². The van der Waals surface area contributed by atoms with Crippen molar-refractivity contribution in [2.75, 3.05) is 14.2 Å². The summed E-state index contributed by atoms with van der Waals surface area (Å²) in [7, 11) is 3.07. The first-order valence-corrected chi connectivity index (χ1v) is 9.85. The van der Waals surface area contributed by atoms with Gasteiger partial charge in [-0.25, -0.2) is 4.98 Å². The molecule has 0 aliphatic carbocycles. The molecule has 1 aromatic heterocycles. The van der Waals surface area contributed by atoms with Crippen LogP contribution in [0.3, 0.4) is 0 Å². The summed E-state index contributed by atoms with van der Waals surface area (Å²) in [5.74, 6) is 2.02. The van der Waals surface area contributed by atoms with Crippen molar-refractivity contribution in [1.29, 1.82) is 0 Å². The van der Waals surface area contributed by atoms with Crippen molar-refractivity contribution in [2.24, 2.45) is 5.73 Å². The van der Waals surface area contributed by atoms with E-state index in [-0.39, 0.29) is 12.5 Å². The van der Waals surface area contributed by atoms with Crippen LogP contribution in [0.15, 0.2) is 36.4 Å². The summed E-state index contributed by atoms with van der Waals surface area (Å²) < 4.78 is 16.7. The molecule has 0 bridgehead atoms. The number of nitrogens with two attached hydrogens (primary N) is 1. The van der Waals surface area contributed by atoms with E-state index in [1.54, 1.807) is 38.3 Å². The predicted molar refractivity (Wildman–Crippen MR) is 120 cm³/mol. The number of aryl methyl sites for hydroxylation is 1. The van der Waals surface area contributed by atoms with E-state index >= 15 is 0 Å². The summed E-state index contributed by atoms with van der Waals surface area (Å²) in [5.41, 5.74) is 7.01. The molecule has 0 spiro atoms. The third-order valence-corrected chi connectivity index (χ3v) is 4.16. The fraction of sp³-hybridized carbons (Fsp3) is 0.273. The van der Waals surface area contributed by atoms with Crippen molar-refractivity contribution >= 4 is 11.9 Å². The van der Waals surface area contributed by atoms with Crippen LogP contribution in [0.5, 0.6) is 23.0 Å². The lowest BCUT2D eigenvalue weighted by molar-refractivity contribution is -0.134. The number of carbonyl (C=O) groups excluding carboxylic acids is 1. The van der Waals surface area contributed by atoms with E-state index in [2.05, 4.69) is 20.5 Å². The molecule has 0 unspecified atom stereocenters. The average Bonchev–Trinajstić information content (AvgIpc) is 3.22. The van der Waals surface area contributed by atoms with Crippen molar-refractivity contribution in [3.05, 3.63) is 59.2 Å². The highest BCUT2D eigenvalue weighted by atomic mass is 16.5. The van der Waals surface area contributed by atoms with E-state index in [1.165, 1.54) is 7.11 Å². The van der Waals surface area contributed by atoms with E-state index < -0.39 is 5.97 Å². The number of H-pyrrole nitrogens is 1. The van der Waals surface area contributed by atoms with E-state index in [0.29, 0.717) is 46.8 Å². The molecule has 2 aromatic carbocycles. The van der Waals surface area contributed by atoms with Gasteiger partial charge in [0.25, 0.3) is 11.9 Å². The fourth-order valence-electron chi connectivity index (χ4n) is 2.66. The standard InChI is InChI=1S/C20H23N5O4.C2H4O2/c1-12-23-19(25-24-12)11-22-20(26)14-5-7-16(18(9-14)28-3)29-15-6-4-13(10-21)8-17(15)27-2;1-2(3)4/h4-9H,10-11,21H2,1-3H3,(H,22,26)(H,23,24,25);1H3,(H,3,4). The van der Waals surface area contributed by atoms with Crippen LogP contribution in [-0.4, -0.2) is 46.4 Å². The van der Waals surface area contributed by atoms with Crippen LogP contribution in [0, 0.1) is 6.92 Å². The second kappa shape index (κ2) is 12.1. The topological polar surface area (TPSA) is 162 Å². The average molecular weight is 457 g/mol. The highest BCUT2D eigenvalue weighted by Crippen LogP contribution is 2.37. The second-order valence-corrected chi connectivity index (χ2v) is 6.70. The molecular weight excluding hydrogens is 430 g/mol. The molecule has 11 nitrogen and oxygen atoms in total. The molecule has 1 heterocycles. The van der Waals surface area contributed by atoms with Crippen molar-refractivity contribution in [3.8, 4) is 23.0 Å². The van der Waals surface area contributed by atoms with Crippen molar-refractivity contribution in [2.45, 2.75) is 26.9 Å². The lowest BCUT2D eigenvalue weighted by atomic mass is 10.1. The molecule has 176 valence electrons. The van der Waals surface area contributed by atoms with Gasteiger partial charge in [0.1, 0.15) is 5.82 Å². The van der Waals surface area contributed by atoms with Gasteiger partial charge in [-0.3, -0.25) is 14.7 Å². The molecule has 11 heteroatoms. The minimum Gasteiger partial charge on any atom is -0.493 e. The van der Waals surface area contributed by atoms with E-state index in [9.17, 15) is 4.79 Å². The van der Waals surface area contributed by atoms with Gasteiger partial charge < -0.3 is 30.4 Å². The van der Waals surface area contributed by atoms with Crippen molar-refractivity contribution in [1.82, 2.24) is 20.5 Å². The number of nitrogens with one attached hydrogen (secondary N) is 2. The lowest BCUT2D eigenvalue weighted by Crippen LogP contribution is -2.23. The Morgan fingerprint density at radius 1 is 1.06 bits per heavy atom. The molecule has 0 saturated carbocycles. The summed E-state index contributed by atoms with van der Waals surface area (Å²) >= 11 is 0. The summed E-state index contributed by atoms with van der Waals surface area (Å²) in [6.45, 7) is 3.49. The third-order valence-electron chi connectivity index (χ3n) is 4.16. The number of benzene rings is 2. The summed E-state index contributed by atoms with van der Waals surface area (Å²) in [4.78, 5) is 25.6. The number of nitrogens with zero attached hydrogens (tertiary/aromatic N) is 2. The quantitative estimate of drug-likeness (QED) is 0.398. The fourth-order valence-corrected chi connectivity index (χ4v) is 2.66. The molecule has 0 aliphatic rings. The van der Waals surface area contributed by atoms with Gasteiger partial charge in [-0.15, -0.1) is 0 Å². The molecule has 0 atom stereocenters. The number of aromatic nitrogens is 3. The Labute approximate surface area is 190 Å². The zero-order chi connectivity index (χ0) is 24.4. The van der Waals surface area contributed by atoms with Gasteiger partial charge in [0, 0.05) is 19.0 Å². The zero-order valence-corrected chi connectivity index (χ0v) is 18.8. The minimum absolute atomic E-state index is 0.217. The SMILES string of the molecule is CC(=O)O.COc1cc(CN)ccc1Oc1ccc(C(=O)NCc2n[nH]c(C)n2)cc1OC. The maximum atomic E-state index is 12.4. The third kappa shape index (κ3) is 7.51. The Hall–Kier alpha value is -4.12. The van der Waals surface area contributed by atoms with Gasteiger partial charge >= 0.3 is 0 Å². The molecule has 0 fully saturated rings. The number of hydrogen-bond acceptors (Lipinski definition) is 8. The minimum atomic E-state index is -0.833. The molecule has 0 saturated heterocycles. The Kier molecular flexibility index (Phi) is 9.18. The van der Waals surface area contributed by atoms with Gasteiger partial charge in [0.15, 0.2) is 28.8 Å². The monoisotopic (exact) mass is 457 g/mol. The maximum absolute atomic E-state index is 12.4. The lowest BCUT2D eigenvalue weighted by Gasteiger charge is -2.14. The van der Waals surface area contributed by atoms with Gasteiger partial charge in [-0.05, 0) is 42.8 Å². The number of amides is 1. The van der Waals surface area contributed by atoms with Crippen molar-refractivity contribution < 1.29 is 28.9 Å². The Bertz CT molecular complexity index is 1090. The van der Waals surface area contributed by atoms with Crippen LogP contribution >= 0.6 is 0 Å². The number of methoxy groups -OCH3 is 2. The second-order valence-electron chi connectivity index (χ2n) is 6.70. The Morgan fingerprint density at radius 3 is 2.21 bits per heavy atom. The molecular formula is C22H27N5O6. The smallest absolute Gasteiger partial charge is 0.300 e. The molecule has 3 aromatic rings. The predicted octanol–water partition coefficient (Wildman–Crippen LogP) is 2.40. The number of ether oxygens (including phenoxy) is 3. The van der Waals surface area contributed by atoms with Gasteiger partial charge in [-0.2, -0.15) is 5.10 Å².